The lowest BCUT2D eigenvalue weighted by atomic mass is 10.1. The molecule has 2 aromatic carbocycles. The van der Waals surface area contributed by atoms with Crippen LogP contribution in [0, 0.1) is 17.5 Å². The molecule has 1 aliphatic rings. The molecule has 2 aromatic rings. The third-order valence-corrected chi connectivity index (χ3v) is 4.15. The van der Waals surface area contributed by atoms with Crippen LogP contribution in [0.5, 0.6) is 5.75 Å². The Morgan fingerprint density at radius 2 is 1.81 bits per heavy atom. The molecule has 0 unspecified atom stereocenters. The number of benzene rings is 2. The first-order valence-corrected chi connectivity index (χ1v) is 8.64. The molecule has 1 saturated heterocycles. The molecule has 0 aliphatic carbocycles. The lowest BCUT2D eigenvalue weighted by Gasteiger charge is -2.39. The Labute approximate surface area is 155 Å². The van der Waals surface area contributed by atoms with E-state index in [9.17, 15) is 18.0 Å². The average Bonchev–Trinajstić information content (AvgIpc) is 2.61. The van der Waals surface area contributed by atoms with Gasteiger partial charge in [-0.25, -0.2) is 18.0 Å². The van der Waals surface area contributed by atoms with Gasteiger partial charge in [-0.2, -0.15) is 0 Å². The number of hydrogen-bond acceptors (Lipinski definition) is 3. The molecule has 8 heteroatoms. The minimum Gasteiger partial charge on any atom is -0.488 e. The number of hydrogen-bond donors (Lipinski definition) is 2. The number of anilines is 1. The molecule has 1 fully saturated rings. The molecular weight excluding hydrogens is 359 g/mol. The van der Waals surface area contributed by atoms with Crippen LogP contribution in [-0.2, 0) is 0 Å². The van der Waals surface area contributed by atoms with Crippen molar-refractivity contribution in [3.8, 4) is 5.75 Å². The molecule has 0 radical (unpaired) electrons. The van der Waals surface area contributed by atoms with Gasteiger partial charge in [0, 0.05) is 37.9 Å². The van der Waals surface area contributed by atoms with Gasteiger partial charge >= 0.3 is 6.03 Å². The SMILES string of the molecule is O=C(NCCCN1CC(Oc2ccc(F)cc2)C1)Nc1ccc(F)c(F)c1. The average molecular weight is 379 g/mol. The van der Waals surface area contributed by atoms with E-state index in [0.717, 1.165) is 38.2 Å². The molecule has 144 valence electrons. The van der Waals surface area contributed by atoms with Crippen LogP contribution in [0.1, 0.15) is 6.42 Å². The first kappa shape index (κ1) is 19.0. The number of rotatable bonds is 7. The Morgan fingerprint density at radius 1 is 1.07 bits per heavy atom. The zero-order valence-electron chi connectivity index (χ0n) is 14.6. The quantitative estimate of drug-likeness (QED) is 0.726. The van der Waals surface area contributed by atoms with Crippen LogP contribution < -0.4 is 15.4 Å². The van der Waals surface area contributed by atoms with Gasteiger partial charge in [-0.05, 0) is 42.8 Å². The van der Waals surface area contributed by atoms with Gasteiger partial charge in [0.2, 0.25) is 0 Å². The third-order valence-electron chi connectivity index (χ3n) is 4.15. The van der Waals surface area contributed by atoms with Gasteiger partial charge < -0.3 is 15.4 Å². The Hall–Kier alpha value is -2.74. The van der Waals surface area contributed by atoms with Crippen molar-refractivity contribution in [2.45, 2.75) is 12.5 Å². The van der Waals surface area contributed by atoms with Crippen LogP contribution in [0.3, 0.4) is 0 Å². The zero-order valence-corrected chi connectivity index (χ0v) is 14.6. The summed E-state index contributed by atoms with van der Waals surface area (Å²) in [5.41, 5.74) is 0.190. The highest BCUT2D eigenvalue weighted by molar-refractivity contribution is 5.89. The van der Waals surface area contributed by atoms with E-state index in [-0.39, 0.29) is 17.6 Å². The summed E-state index contributed by atoms with van der Waals surface area (Å²) in [5, 5.41) is 5.11. The van der Waals surface area contributed by atoms with E-state index in [1.54, 1.807) is 12.1 Å². The zero-order chi connectivity index (χ0) is 19.2. The van der Waals surface area contributed by atoms with Crippen molar-refractivity contribution in [1.82, 2.24) is 10.2 Å². The smallest absolute Gasteiger partial charge is 0.319 e. The van der Waals surface area contributed by atoms with E-state index < -0.39 is 17.7 Å². The lowest BCUT2D eigenvalue weighted by Crippen LogP contribution is -2.54. The molecule has 1 heterocycles. The molecule has 3 rings (SSSR count). The van der Waals surface area contributed by atoms with Crippen LogP contribution in [-0.4, -0.2) is 43.2 Å². The van der Waals surface area contributed by atoms with Gasteiger partial charge in [0.05, 0.1) is 0 Å². The molecule has 5 nitrogen and oxygen atoms in total. The van der Waals surface area contributed by atoms with Gasteiger partial charge in [-0.1, -0.05) is 0 Å². The Bertz CT molecular complexity index is 780. The topological polar surface area (TPSA) is 53.6 Å². The van der Waals surface area contributed by atoms with Gasteiger partial charge in [0.1, 0.15) is 17.7 Å². The van der Waals surface area contributed by atoms with Crippen molar-refractivity contribution < 1.29 is 22.7 Å². The van der Waals surface area contributed by atoms with Crippen LogP contribution in [0.4, 0.5) is 23.7 Å². The normalized spacial score (nSPS) is 14.5. The number of likely N-dealkylation sites (tertiary alicyclic amines) is 1. The molecule has 0 saturated carbocycles. The number of nitrogens with one attached hydrogen (secondary N) is 2. The summed E-state index contributed by atoms with van der Waals surface area (Å²) in [6.07, 6.45) is 0.828. The van der Waals surface area contributed by atoms with Gasteiger partial charge in [-0.3, -0.25) is 4.90 Å². The van der Waals surface area contributed by atoms with Crippen LogP contribution in [0.2, 0.25) is 0 Å². The maximum atomic E-state index is 13.1. The van der Waals surface area contributed by atoms with Crippen LogP contribution in [0.15, 0.2) is 42.5 Å². The molecule has 0 atom stereocenters. The van der Waals surface area contributed by atoms with Gasteiger partial charge in [0.15, 0.2) is 11.6 Å². The molecule has 0 bridgehead atoms. The minimum atomic E-state index is -1.01. The van der Waals surface area contributed by atoms with E-state index >= 15 is 0 Å². The summed E-state index contributed by atoms with van der Waals surface area (Å²) in [6.45, 7) is 2.81. The summed E-state index contributed by atoms with van der Waals surface area (Å²) in [5.74, 6) is -1.62. The second-order valence-corrected chi connectivity index (χ2v) is 6.32. The van der Waals surface area contributed by atoms with Gasteiger partial charge in [0.25, 0.3) is 0 Å². The second-order valence-electron chi connectivity index (χ2n) is 6.32. The summed E-state index contributed by atoms with van der Waals surface area (Å²) < 4.78 is 44.5. The number of carbonyl (C=O) groups excluding carboxylic acids is 1. The summed E-state index contributed by atoms with van der Waals surface area (Å²) in [7, 11) is 0. The maximum Gasteiger partial charge on any atom is 0.319 e. The molecule has 2 amide bonds. The minimum absolute atomic E-state index is 0.0834. The van der Waals surface area contributed by atoms with Crippen molar-refractivity contribution in [2.75, 3.05) is 31.5 Å². The lowest BCUT2D eigenvalue weighted by molar-refractivity contribution is 0.0196. The van der Waals surface area contributed by atoms with Crippen molar-refractivity contribution >= 4 is 11.7 Å². The molecular formula is C19H20F3N3O2. The van der Waals surface area contributed by atoms with Crippen molar-refractivity contribution in [2.24, 2.45) is 0 Å². The van der Waals surface area contributed by atoms with Crippen LogP contribution in [0.25, 0.3) is 0 Å². The molecule has 2 N–H and O–H groups in total. The van der Waals surface area contributed by atoms with E-state index in [4.69, 9.17) is 4.74 Å². The predicted octanol–water partition coefficient (Wildman–Crippen LogP) is 3.38. The largest absolute Gasteiger partial charge is 0.488 e. The van der Waals surface area contributed by atoms with E-state index in [2.05, 4.69) is 15.5 Å². The fraction of sp³-hybridized carbons (Fsp3) is 0.316. The number of urea groups is 1. The number of nitrogens with zero attached hydrogens (tertiary/aromatic N) is 1. The third kappa shape index (κ3) is 5.62. The molecule has 27 heavy (non-hydrogen) atoms. The van der Waals surface area contributed by atoms with Crippen molar-refractivity contribution in [1.29, 1.82) is 0 Å². The number of amides is 2. The fourth-order valence-corrected chi connectivity index (χ4v) is 2.74. The monoisotopic (exact) mass is 379 g/mol. The number of ether oxygens (including phenoxy) is 1. The highest BCUT2D eigenvalue weighted by Crippen LogP contribution is 2.18. The highest BCUT2D eigenvalue weighted by atomic mass is 19.2. The molecule has 0 spiro atoms. The standard InChI is InChI=1S/C19H20F3N3O2/c20-13-2-5-15(6-3-13)27-16-11-25(12-16)9-1-8-23-19(26)24-14-4-7-17(21)18(22)10-14/h2-7,10,16H,1,8-9,11-12H2,(H2,23,24,26). The highest BCUT2D eigenvalue weighted by Gasteiger charge is 2.27. The van der Waals surface area contributed by atoms with Crippen LogP contribution >= 0.6 is 0 Å². The fourth-order valence-electron chi connectivity index (χ4n) is 2.74. The van der Waals surface area contributed by atoms with E-state index in [0.29, 0.717) is 12.3 Å². The Kier molecular flexibility index (Phi) is 6.18. The van der Waals surface area contributed by atoms with Crippen molar-refractivity contribution in [3.63, 3.8) is 0 Å². The van der Waals surface area contributed by atoms with Crippen molar-refractivity contribution in [3.05, 3.63) is 59.9 Å². The second kappa shape index (κ2) is 8.77. The first-order chi connectivity index (χ1) is 13.0. The maximum absolute atomic E-state index is 13.1. The predicted molar refractivity (Wildman–Crippen MR) is 95.3 cm³/mol. The number of carbonyl (C=O) groups is 1. The Balaban J connectivity index is 1.27. The van der Waals surface area contributed by atoms with E-state index in [1.807, 2.05) is 0 Å². The number of halogens is 3. The molecule has 1 aliphatic heterocycles. The summed E-state index contributed by atoms with van der Waals surface area (Å²) in [4.78, 5) is 13.9. The van der Waals surface area contributed by atoms with Gasteiger partial charge in [-0.15, -0.1) is 0 Å². The Morgan fingerprint density at radius 3 is 2.52 bits per heavy atom. The molecule has 0 aromatic heterocycles. The first-order valence-electron chi connectivity index (χ1n) is 8.64. The summed E-state index contributed by atoms with van der Waals surface area (Å²) in [6, 6.07) is 8.64. The summed E-state index contributed by atoms with van der Waals surface area (Å²) >= 11 is 0. The van der Waals surface area contributed by atoms with E-state index in [1.165, 1.54) is 18.2 Å².